The van der Waals surface area contributed by atoms with Crippen LogP contribution >= 0.6 is 11.5 Å². The molecule has 3 nitrogen and oxygen atoms in total. The highest BCUT2D eigenvalue weighted by Crippen LogP contribution is 2.29. The first-order chi connectivity index (χ1) is 9.18. The van der Waals surface area contributed by atoms with Gasteiger partial charge in [-0.05, 0) is 42.3 Å². The fourth-order valence-electron chi connectivity index (χ4n) is 2.11. The largest absolute Gasteiger partial charge is 0.387 e. The predicted octanol–water partition coefficient (Wildman–Crippen LogP) is 3.72. The number of benzene rings is 1. The SMILES string of the molecule is CC(C)c1nnsc1C(O)CCCc1ccccc1. The molecule has 19 heavy (non-hydrogen) atoms. The second-order valence-corrected chi connectivity index (χ2v) is 5.86. The van der Waals surface area contributed by atoms with Crippen LogP contribution in [0.4, 0.5) is 0 Å². The predicted molar refractivity (Wildman–Crippen MR) is 78.3 cm³/mol. The van der Waals surface area contributed by atoms with Crippen LogP contribution in [0.2, 0.25) is 0 Å². The molecule has 0 aliphatic carbocycles. The molecule has 4 heteroatoms. The van der Waals surface area contributed by atoms with E-state index in [9.17, 15) is 5.11 Å². The zero-order chi connectivity index (χ0) is 13.7. The number of rotatable bonds is 6. The van der Waals surface area contributed by atoms with E-state index < -0.39 is 6.10 Å². The molecule has 2 rings (SSSR count). The Bertz CT molecular complexity index is 496. The van der Waals surface area contributed by atoms with Gasteiger partial charge in [0, 0.05) is 0 Å². The zero-order valence-corrected chi connectivity index (χ0v) is 12.2. The molecule has 2 aromatic rings. The molecule has 1 aromatic heterocycles. The number of hydrogen-bond acceptors (Lipinski definition) is 4. The molecule has 0 fully saturated rings. The van der Waals surface area contributed by atoms with Crippen molar-refractivity contribution in [2.45, 2.75) is 45.1 Å². The number of aryl methyl sites for hydroxylation is 1. The first-order valence-corrected chi connectivity index (χ1v) is 7.50. The minimum Gasteiger partial charge on any atom is -0.387 e. The van der Waals surface area contributed by atoms with Crippen LogP contribution in [-0.4, -0.2) is 14.7 Å². The quantitative estimate of drug-likeness (QED) is 0.874. The molecule has 0 saturated heterocycles. The lowest BCUT2D eigenvalue weighted by Crippen LogP contribution is -2.01. The van der Waals surface area contributed by atoms with E-state index >= 15 is 0 Å². The maximum Gasteiger partial charge on any atom is 0.0917 e. The minimum absolute atomic E-state index is 0.317. The number of aliphatic hydroxyl groups is 1. The summed E-state index contributed by atoms with van der Waals surface area (Å²) in [6.07, 6.45) is 2.31. The van der Waals surface area contributed by atoms with Gasteiger partial charge in [-0.15, -0.1) is 5.10 Å². The molecule has 0 aliphatic heterocycles. The van der Waals surface area contributed by atoms with Crippen LogP contribution in [0.3, 0.4) is 0 Å². The summed E-state index contributed by atoms with van der Waals surface area (Å²) < 4.78 is 3.96. The average molecular weight is 276 g/mol. The normalized spacial score (nSPS) is 12.8. The fraction of sp³-hybridized carbons (Fsp3) is 0.467. The van der Waals surface area contributed by atoms with Crippen molar-refractivity contribution in [1.29, 1.82) is 0 Å². The molecule has 0 saturated carbocycles. The summed E-state index contributed by atoms with van der Waals surface area (Å²) in [6.45, 7) is 4.16. The van der Waals surface area contributed by atoms with Gasteiger partial charge in [0.05, 0.1) is 16.7 Å². The molecular formula is C15H20N2OS. The maximum atomic E-state index is 10.2. The topological polar surface area (TPSA) is 46.0 Å². The first-order valence-electron chi connectivity index (χ1n) is 6.72. The van der Waals surface area contributed by atoms with E-state index in [0.717, 1.165) is 29.8 Å². The Morgan fingerprint density at radius 3 is 2.63 bits per heavy atom. The number of aliphatic hydroxyl groups excluding tert-OH is 1. The Morgan fingerprint density at radius 1 is 1.21 bits per heavy atom. The summed E-state index contributed by atoms with van der Waals surface area (Å²) in [6, 6.07) is 10.4. The molecule has 102 valence electrons. The molecule has 1 aromatic carbocycles. The van der Waals surface area contributed by atoms with Crippen LogP contribution < -0.4 is 0 Å². The lowest BCUT2D eigenvalue weighted by Gasteiger charge is -2.11. The summed E-state index contributed by atoms with van der Waals surface area (Å²) in [5.41, 5.74) is 2.26. The van der Waals surface area contributed by atoms with Crippen molar-refractivity contribution in [2.24, 2.45) is 0 Å². The van der Waals surface area contributed by atoms with E-state index in [4.69, 9.17) is 0 Å². The van der Waals surface area contributed by atoms with E-state index in [1.54, 1.807) is 0 Å². The fourth-order valence-corrected chi connectivity index (χ4v) is 2.94. The zero-order valence-electron chi connectivity index (χ0n) is 11.4. The Hall–Kier alpha value is -1.26. The van der Waals surface area contributed by atoms with Crippen molar-refractivity contribution >= 4 is 11.5 Å². The third kappa shape index (κ3) is 3.85. The van der Waals surface area contributed by atoms with Crippen LogP contribution in [0.25, 0.3) is 0 Å². The lowest BCUT2D eigenvalue weighted by molar-refractivity contribution is 0.167. The Kier molecular flexibility index (Phi) is 5.05. The second kappa shape index (κ2) is 6.78. The summed E-state index contributed by atoms with van der Waals surface area (Å²) >= 11 is 1.32. The number of nitrogens with zero attached hydrogens (tertiary/aromatic N) is 2. The summed E-state index contributed by atoms with van der Waals surface area (Å²) in [4.78, 5) is 0.933. The summed E-state index contributed by atoms with van der Waals surface area (Å²) in [7, 11) is 0. The van der Waals surface area contributed by atoms with E-state index in [-0.39, 0.29) is 0 Å². The van der Waals surface area contributed by atoms with Crippen LogP contribution in [0.1, 0.15) is 54.8 Å². The molecule has 1 unspecified atom stereocenters. The third-order valence-electron chi connectivity index (χ3n) is 3.18. The van der Waals surface area contributed by atoms with Gasteiger partial charge in [-0.25, -0.2) is 0 Å². The van der Waals surface area contributed by atoms with E-state index in [0.29, 0.717) is 5.92 Å². The van der Waals surface area contributed by atoms with Gasteiger partial charge in [0.2, 0.25) is 0 Å². The average Bonchev–Trinajstić information content (AvgIpc) is 2.89. The lowest BCUT2D eigenvalue weighted by atomic mass is 10.0. The molecule has 0 radical (unpaired) electrons. The highest BCUT2D eigenvalue weighted by molar-refractivity contribution is 7.05. The van der Waals surface area contributed by atoms with Crippen molar-refractivity contribution < 1.29 is 5.11 Å². The smallest absolute Gasteiger partial charge is 0.0917 e. The Balaban J connectivity index is 1.87. The van der Waals surface area contributed by atoms with Crippen LogP contribution in [-0.2, 0) is 6.42 Å². The maximum absolute atomic E-state index is 10.2. The summed E-state index contributed by atoms with van der Waals surface area (Å²) in [5, 5.41) is 14.4. The Morgan fingerprint density at radius 2 is 1.95 bits per heavy atom. The van der Waals surface area contributed by atoms with Crippen LogP contribution in [0, 0.1) is 0 Å². The second-order valence-electron chi connectivity index (χ2n) is 5.07. The highest BCUT2D eigenvalue weighted by Gasteiger charge is 2.18. The minimum atomic E-state index is -0.430. The third-order valence-corrected chi connectivity index (χ3v) is 4.02. The first kappa shape index (κ1) is 14.2. The van der Waals surface area contributed by atoms with Gasteiger partial charge in [-0.2, -0.15) is 0 Å². The van der Waals surface area contributed by atoms with Crippen molar-refractivity contribution in [2.75, 3.05) is 0 Å². The molecule has 0 spiro atoms. The van der Waals surface area contributed by atoms with E-state index in [2.05, 4.69) is 47.7 Å². The van der Waals surface area contributed by atoms with Gasteiger partial charge >= 0.3 is 0 Å². The molecule has 0 amide bonds. The van der Waals surface area contributed by atoms with Crippen LogP contribution in [0.5, 0.6) is 0 Å². The van der Waals surface area contributed by atoms with E-state index in [1.165, 1.54) is 17.1 Å². The van der Waals surface area contributed by atoms with Crippen molar-refractivity contribution in [3.8, 4) is 0 Å². The van der Waals surface area contributed by atoms with E-state index in [1.807, 2.05) is 6.07 Å². The number of aromatic nitrogens is 2. The monoisotopic (exact) mass is 276 g/mol. The molecule has 1 heterocycles. The van der Waals surface area contributed by atoms with Crippen molar-refractivity contribution in [1.82, 2.24) is 9.59 Å². The van der Waals surface area contributed by atoms with Gasteiger partial charge in [-0.3, -0.25) is 0 Å². The molecule has 0 bridgehead atoms. The van der Waals surface area contributed by atoms with Crippen molar-refractivity contribution in [3.63, 3.8) is 0 Å². The molecular weight excluding hydrogens is 256 g/mol. The van der Waals surface area contributed by atoms with Gasteiger partial charge in [0.1, 0.15) is 0 Å². The van der Waals surface area contributed by atoms with Gasteiger partial charge in [0.25, 0.3) is 0 Å². The van der Waals surface area contributed by atoms with Crippen LogP contribution in [0.15, 0.2) is 30.3 Å². The molecule has 1 N–H and O–H groups in total. The molecule has 1 atom stereocenters. The molecule has 0 aliphatic rings. The van der Waals surface area contributed by atoms with Crippen molar-refractivity contribution in [3.05, 3.63) is 46.5 Å². The van der Waals surface area contributed by atoms with Gasteiger partial charge in [-0.1, -0.05) is 48.7 Å². The summed E-state index contributed by atoms with van der Waals surface area (Å²) in [5.74, 6) is 0.317. The van der Waals surface area contributed by atoms with Gasteiger partial charge < -0.3 is 5.11 Å². The standard InChI is InChI=1S/C15H20N2OS/c1-11(2)14-15(19-17-16-14)13(18)10-6-9-12-7-4-3-5-8-12/h3-5,7-8,11,13,18H,6,9-10H2,1-2H3. The van der Waals surface area contributed by atoms with Gasteiger partial charge in [0.15, 0.2) is 0 Å². The number of hydrogen-bond donors (Lipinski definition) is 1. The Labute approximate surface area is 118 Å². The highest BCUT2D eigenvalue weighted by atomic mass is 32.1.